The highest BCUT2D eigenvalue weighted by molar-refractivity contribution is 7.89. The fourth-order valence-corrected chi connectivity index (χ4v) is 3.85. The Kier molecular flexibility index (Phi) is 4.23. The van der Waals surface area contributed by atoms with E-state index in [1.807, 2.05) is 7.05 Å². The molecule has 1 aromatic rings. The SMILES string of the molecule is CNC1CCN(S(=O)(=O)c2ccc(C)cc2F)CC1. The molecular weight excluding hydrogens is 267 g/mol. The first-order chi connectivity index (χ1) is 8.95. The molecular formula is C13H19FN2O2S. The van der Waals surface area contributed by atoms with Gasteiger partial charge in [-0.05, 0) is 44.5 Å². The van der Waals surface area contributed by atoms with E-state index in [1.54, 1.807) is 13.0 Å². The topological polar surface area (TPSA) is 49.4 Å². The highest BCUT2D eigenvalue weighted by Crippen LogP contribution is 2.23. The molecule has 0 unspecified atom stereocenters. The van der Waals surface area contributed by atoms with Crippen molar-refractivity contribution in [1.82, 2.24) is 9.62 Å². The van der Waals surface area contributed by atoms with Crippen molar-refractivity contribution >= 4 is 10.0 Å². The number of benzene rings is 1. The first-order valence-electron chi connectivity index (χ1n) is 6.38. The van der Waals surface area contributed by atoms with Gasteiger partial charge in [0.1, 0.15) is 10.7 Å². The fraction of sp³-hybridized carbons (Fsp3) is 0.538. The van der Waals surface area contributed by atoms with E-state index in [9.17, 15) is 12.8 Å². The van der Waals surface area contributed by atoms with E-state index in [0.717, 1.165) is 12.8 Å². The molecule has 0 saturated carbocycles. The van der Waals surface area contributed by atoms with Gasteiger partial charge in [0.15, 0.2) is 0 Å². The van der Waals surface area contributed by atoms with Crippen molar-refractivity contribution in [2.24, 2.45) is 0 Å². The van der Waals surface area contributed by atoms with Crippen LogP contribution in [-0.2, 0) is 10.0 Å². The van der Waals surface area contributed by atoms with Crippen LogP contribution >= 0.6 is 0 Å². The van der Waals surface area contributed by atoms with Crippen molar-refractivity contribution in [2.45, 2.75) is 30.7 Å². The molecule has 0 spiro atoms. The van der Waals surface area contributed by atoms with Crippen molar-refractivity contribution in [3.05, 3.63) is 29.6 Å². The van der Waals surface area contributed by atoms with E-state index >= 15 is 0 Å². The second kappa shape index (κ2) is 5.56. The molecule has 0 atom stereocenters. The molecule has 0 bridgehead atoms. The predicted molar refractivity (Wildman–Crippen MR) is 72.0 cm³/mol. The Labute approximate surface area is 113 Å². The summed E-state index contributed by atoms with van der Waals surface area (Å²) in [5, 5.41) is 3.14. The van der Waals surface area contributed by atoms with Gasteiger partial charge >= 0.3 is 0 Å². The lowest BCUT2D eigenvalue weighted by atomic mass is 10.1. The van der Waals surface area contributed by atoms with E-state index in [-0.39, 0.29) is 4.90 Å². The molecule has 1 saturated heterocycles. The minimum absolute atomic E-state index is 0.221. The van der Waals surface area contributed by atoms with Crippen LogP contribution in [0.2, 0.25) is 0 Å². The maximum absolute atomic E-state index is 13.8. The summed E-state index contributed by atoms with van der Waals surface area (Å²) in [4.78, 5) is -0.221. The van der Waals surface area contributed by atoms with Gasteiger partial charge in [0.05, 0.1) is 0 Å². The number of nitrogens with zero attached hydrogens (tertiary/aromatic N) is 1. The Morgan fingerprint density at radius 2 is 1.95 bits per heavy atom. The lowest BCUT2D eigenvalue weighted by Gasteiger charge is -2.31. The van der Waals surface area contributed by atoms with Gasteiger partial charge in [-0.1, -0.05) is 6.07 Å². The average Bonchev–Trinajstić information content (AvgIpc) is 2.38. The standard InChI is InChI=1S/C13H19FN2O2S/c1-10-3-4-13(12(14)9-10)19(17,18)16-7-5-11(15-2)6-8-16/h3-4,9,11,15H,5-8H2,1-2H3. The Bertz CT molecular complexity index is 552. The molecule has 0 amide bonds. The molecule has 1 heterocycles. The van der Waals surface area contributed by atoms with E-state index < -0.39 is 15.8 Å². The van der Waals surface area contributed by atoms with Crippen LogP contribution in [0.15, 0.2) is 23.1 Å². The molecule has 0 aliphatic carbocycles. The first-order valence-corrected chi connectivity index (χ1v) is 7.82. The van der Waals surface area contributed by atoms with Crippen molar-refractivity contribution in [1.29, 1.82) is 0 Å². The second-order valence-electron chi connectivity index (χ2n) is 4.90. The number of hydrogen-bond acceptors (Lipinski definition) is 3. The number of sulfonamides is 1. The lowest BCUT2D eigenvalue weighted by Crippen LogP contribution is -2.44. The summed E-state index contributed by atoms with van der Waals surface area (Å²) in [6.45, 7) is 2.60. The molecule has 6 heteroatoms. The van der Waals surface area contributed by atoms with Crippen LogP contribution in [-0.4, -0.2) is 38.9 Å². The average molecular weight is 286 g/mol. The zero-order valence-electron chi connectivity index (χ0n) is 11.2. The van der Waals surface area contributed by atoms with Crippen molar-refractivity contribution < 1.29 is 12.8 Å². The number of rotatable bonds is 3. The van der Waals surface area contributed by atoms with Crippen LogP contribution in [0, 0.1) is 12.7 Å². The molecule has 2 rings (SSSR count). The highest BCUT2D eigenvalue weighted by atomic mass is 32.2. The third kappa shape index (κ3) is 2.96. The summed E-state index contributed by atoms with van der Waals surface area (Å²) in [6, 6.07) is 4.57. The quantitative estimate of drug-likeness (QED) is 0.916. The highest BCUT2D eigenvalue weighted by Gasteiger charge is 2.30. The molecule has 1 N–H and O–H groups in total. The maximum Gasteiger partial charge on any atom is 0.245 e. The zero-order chi connectivity index (χ0) is 14.0. The molecule has 19 heavy (non-hydrogen) atoms. The number of nitrogens with one attached hydrogen (secondary N) is 1. The molecule has 0 radical (unpaired) electrons. The van der Waals surface area contributed by atoms with Crippen molar-refractivity contribution in [3.8, 4) is 0 Å². The lowest BCUT2D eigenvalue weighted by molar-refractivity contribution is 0.297. The molecule has 106 valence electrons. The molecule has 0 aromatic heterocycles. The van der Waals surface area contributed by atoms with Crippen LogP contribution in [0.3, 0.4) is 0 Å². The number of piperidine rings is 1. The largest absolute Gasteiger partial charge is 0.317 e. The summed E-state index contributed by atoms with van der Waals surface area (Å²) in [7, 11) is -1.84. The van der Waals surface area contributed by atoms with E-state index in [4.69, 9.17) is 0 Å². The molecule has 1 aromatic carbocycles. The predicted octanol–water partition coefficient (Wildman–Crippen LogP) is 1.51. The van der Waals surface area contributed by atoms with Crippen LogP contribution < -0.4 is 5.32 Å². The van der Waals surface area contributed by atoms with Crippen LogP contribution in [0.5, 0.6) is 0 Å². The maximum atomic E-state index is 13.8. The van der Waals surface area contributed by atoms with Crippen LogP contribution in [0.4, 0.5) is 4.39 Å². The van der Waals surface area contributed by atoms with E-state index in [2.05, 4.69) is 5.32 Å². The van der Waals surface area contributed by atoms with Gasteiger partial charge in [-0.3, -0.25) is 0 Å². The first kappa shape index (κ1) is 14.4. The van der Waals surface area contributed by atoms with Gasteiger partial charge in [0, 0.05) is 19.1 Å². The Balaban J connectivity index is 2.23. The van der Waals surface area contributed by atoms with Gasteiger partial charge in [0.2, 0.25) is 10.0 Å². The molecule has 1 fully saturated rings. The molecule has 4 nitrogen and oxygen atoms in total. The van der Waals surface area contributed by atoms with E-state index in [0.29, 0.717) is 24.7 Å². The third-order valence-corrected chi connectivity index (χ3v) is 5.50. The zero-order valence-corrected chi connectivity index (χ0v) is 12.0. The fourth-order valence-electron chi connectivity index (χ4n) is 2.34. The molecule has 1 aliphatic rings. The van der Waals surface area contributed by atoms with Gasteiger partial charge in [-0.25, -0.2) is 12.8 Å². The Morgan fingerprint density at radius 1 is 1.32 bits per heavy atom. The summed E-state index contributed by atoms with van der Waals surface area (Å²) in [5.41, 5.74) is 0.713. The Hall–Kier alpha value is -0.980. The van der Waals surface area contributed by atoms with Gasteiger partial charge in [-0.2, -0.15) is 4.31 Å². The van der Waals surface area contributed by atoms with E-state index in [1.165, 1.54) is 16.4 Å². The second-order valence-corrected chi connectivity index (χ2v) is 6.81. The van der Waals surface area contributed by atoms with Gasteiger partial charge in [0.25, 0.3) is 0 Å². The summed E-state index contributed by atoms with van der Waals surface area (Å²) >= 11 is 0. The normalized spacial score (nSPS) is 18.7. The van der Waals surface area contributed by atoms with Crippen LogP contribution in [0.1, 0.15) is 18.4 Å². The number of halogens is 1. The van der Waals surface area contributed by atoms with Gasteiger partial charge in [-0.15, -0.1) is 0 Å². The smallest absolute Gasteiger partial charge is 0.245 e. The summed E-state index contributed by atoms with van der Waals surface area (Å²) in [6.07, 6.45) is 1.51. The number of aryl methyl sites for hydroxylation is 1. The Morgan fingerprint density at radius 3 is 2.47 bits per heavy atom. The summed E-state index contributed by atoms with van der Waals surface area (Å²) < 4.78 is 40.0. The minimum Gasteiger partial charge on any atom is -0.317 e. The van der Waals surface area contributed by atoms with Crippen LogP contribution in [0.25, 0.3) is 0 Å². The summed E-state index contributed by atoms with van der Waals surface area (Å²) in [5.74, 6) is -0.671. The van der Waals surface area contributed by atoms with Gasteiger partial charge < -0.3 is 5.32 Å². The molecule has 1 aliphatic heterocycles. The number of hydrogen-bond donors (Lipinski definition) is 1. The minimum atomic E-state index is -3.71. The van der Waals surface area contributed by atoms with Crippen molar-refractivity contribution in [2.75, 3.05) is 20.1 Å². The monoisotopic (exact) mass is 286 g/mol. The van der Waals surface area contributed by atoms with Crippen molar-refractivity contribution in [3.63, 3.8) is 0 Å². The third-order valence-electron chi connectivity index (χ3n) is 3.57.